The lowest BCUT2D eigenvalue weighted by Gasteiger charge is -2.05. The first-order valence-corrected chi connectivity index (χ1v) is 4.20. The van der Waals surface area contributed by atoms with Crippen LogP contribution in [0.25, 0.3) is 0 Å². The van der Waals surface area contributed by atoms with Gasteiger partial charge in [-0.15, -0.1) is 5.92 Å². The molecule has 0 spiro atoms. The van der Waals surface area contributed by atoms with Crippen molar-refractivity contribution in [3.63, 3.8) is 0 Å². The van der Waals surface area contributed by atoms with Gasteiger partial charge in [-0.2, -0.15) is 0 Å². The highest BCUT2D eigenvalue weighted by molar-refractivity contribution is 5.90. The highest BCUT2D eigenvalue weighted by Crippen LogP contribution is 2.19. The second-order valence-electron chi connectivity index (χ2n) is 2.66. The standard InChI is InChI=1S/C11H9FO3/c1-2-3-6-15-10-5-4-8(12)7-9(10)11(13)14/h4-5,7H,6H2,1H3,(H,13,14). The Balaban J connectivity index is 2.94. The van der Waals surface area contributed by atoms with Crippen LogP contribution in [0.5, 0.6) is 5.75 Å². The van der Waals surface area contributed by atoms with Gasteiger partial charge in [0.1, 0.15) is 23.7 Å². The van der Waals surface area contributed by atoms with E-state index in [9.17, 15) is 9.18 Å². The summed E-state index contributed by atoms with van der Waals surface area (Å²) in [5.41, 5.74) is -0.201. The number of rotatable bonds is 3. The van der Waals surface area contributed by atoms with Gasteiger partial charge in [-0.25, -0.2) is 9.18 Å². The van der Waals surface area contributed by atoms with Crippen molar-refractivity contribution >= 4 is 5.97 Å². The van der Waals surface area contributed by atoms with Gasteiger partial charge in [-0.05, 0) is 25.1 Å². The molecule has 0 aliphatic heterocycles. The number of carboxylic acid groups (broad SMARTS) is 1. The van der Waals surface area contributed by atoms with E-state index >= 15 is 0 Å². The van der Waals surface area contributed by atoms with Gasteiger partial charge in [0.15, 0.2) is 0 Å². The molecule has 0 unspecified atom stereocenters. The third-order valence-corrected chi connectivity index (χ3v) is 1.65. The minimum atomic E-state index is -1.23. The van der Waals surface area contributed by atoms with Crippen LogP contribution in [0.3, 0.4) is 0 Å². The Morgan fingerprint density at radius 1 is 1.60 bits per heavy atom. The SMILES string of the molecule is CC#CCOc1ccc(F)cc1C(=O)O. The number of benzene rings is 1. The van der Waals surface area contributed by atoms with Crippen LogP contribution in [0.1, 0.15) is 17.3 Å². The van der Waals surface area contributed by atoms with Gasteiger partial charge in [0.05, 0.1) is 0 Å². The van der Waals surface area contributed by atoms with Gasteiger partial charge in [0.25, 0.3) is 0 Å². The quantitative estimate of drug-likeness (QED) is 0.772. The molecule has 0 heterocycles. The molecule has 1 rings (SSSR count). The van der Waals surface area contributed by atoms with E-state index < -0.39 is 11.8 Å². The molecule has 15 heavy (non-hydrogen) atoms. The molecule has 0 saturated heterocycles. The maximum absolute atomic E-state index is 12.7. The van der Waals surface area contributed by atoms with Crippen molar-refractivity contribution < 1.29 is 19.0 Å². The Morgan fingerprint density at radius 3 is 2.93 bits per heavy atom. The van der Waals surface area contributed by atoms with E-state index in [0.29, 0.717) is 0 Å². The Hall–Kier alpha value is -2.02. The van der Waals surface area contributed by atoms with Crippen molar-refractivity contribution in [2.75, 3.05) is 6.61 Å². The van der Waals surface area contributed by atoms with E-state index in [4.69, 9.17) is 9.84 Å². The fourth-order valence-electron chi connectivity index (χ4n) is 0.981. The number of carboxylic acids is 1. The molecular weight excluding hydrogens is 199 g/mol. The van der Waals surface area contributed by atoms with Gasteiger partial charge in [0, 0.05) is 0 Å². The predicted octanol–water partition coefficient (Wildman–Crippen LogP) is 1.93. The van der Waals surface area contributed by atoms with Crippen LogP contribution in [0.4, 0.5) is 4.39 Å². The summed E-state index contributed by atoms with van der Waals surface area (Å²) in [5.74, 6) is 3.50. The second kappa shape index (κ2) is 5.01. The zero-order valence-electron chi connectivity index (χ0n) is 8.08. The van der Waals surface area contributed by atoms with E-state index in [1.807, 2.05) is 0 Å². The maximum Gasteiger partial charge on any atom is 0.339 e. The first-order chi connectivity index (χ1) is 7.15. The van der Waals surface area contributed by atoms with Crippen molar-refractivity contribution in [2.45, 2.75) is 6.92 Å². The van der Waals surface area contributed by atoms with Crippen LogP contribution < -0.4 is 4.74 Å². The summed E-state index contributed by atoms with van der Waals surface area (Å²) in [4.78, 5) is 10.7. The zero-order chi connectivity index (χ0) is 11.3. The lowest BCUT2D eigenvalue weighted by molar-refractivity contribution is 0.0692. The van der Waals surface area contributed by atoms with Gasteiger partial charge >= 0.3 is 5.97 Å². The highest BCUT2D eigenvalue weighted by atomic mass is 19.1. The third kappa shape index (κ3) is 2.99. The van der Waals surface area contributed by atoms with Crippen LogP contribution >= 0.6 is 0 Å². The van der Waals surface area contributed by atoms with Gasteiger partial charge < -0.3 is 9.84 Å². The Labute approximate surface area is 86.5 Å². The molecule has 78 valence electrons. The van der Waals surface area contributed by atoms with E-state index in [-0.39, 0.29) is 17.9 Å². The monoisotopic (exact) mass is 208 g/mol. The fraction of sp³-hybridized carbons (Fsp3) is 0.182. The number of ether oxygens (including phenoxy) is 1. The molecule has 0 fully saturated rings. The van der Waals surface area contributed by atoms with Gasteiger partial charge in [-0.3, -0.25) is 0 Å². The molecule has 0 radical (unpaired) electrons. The molecule has 0 bridgehead atoms. The molecular formula is C11H9FO3. The minimum Gasteiger partial charge on any atom is -0.480 e. The molecule has 1 aromatic carbocycles. The van der Waals surface area contributed by atoms with E-state index in [1.165, 1.54) is 6.07 Å². The van der Waals surface area contributed by atoms with Crippen molar-refractivity contribution in [1.82, 2.24) is 0 Å². The third-order valence-electron chi connectivity index (χ3n) is 1.65. The fourth-order valence-corrected chi connectivity index (χ4v) is 0.981. The second-order valence-corrected chi connectivity index (χ2v) is 2.66. The molecule has 1 N–H and O–H groups in total. The van der Waals surface area contributed by atoms with Crippen molar-refractivity contribution in [1.29, 1.82) is 0 Å². The number of halogens is 1. The van der Waals surface area contributed by atoms with Crippen molar-refractivity contribution in [3.05, 3.63) is 29.6 Å². The van der Waals surface area contributed by atoms with Crippen molar-refractivity contribution in [3.8, 4) is 17.6 Å². The Kier molecular flexibility index (Phi) is 3.69. The molecule has 0 aliphatic rings. The summed E-state index contributed by atoms with van der Waals surface area (Å²) in [6, 6.07) is 3.33. The Bertz CT molecular complexity index is 429. The summed E-state index contributed by atoms with van der Waals surface area (Å²) in [5, 5.41) is 8.76. The number of carbonyl (C=O) groups is 1. The van der Waals surface area contributed by atoms with Crippen LogP contribution in [-0.2, 0) is 0 Å². The first kappa shape index (κ1) is 11.1. The topological polar surface area (TPSA) is 46.5 Å². The largest absolute Gasteiger partial charge is 0.480 e. The molecule has 1 aromatic rings. The molecule has 4 heteroatoms. The van der Waals surface area contributed by atoms with E-state index in [1.54, 1.807) is 6.92 Å². The zero-order valence-corrected chi connectivity index (χ0v) is 8.08. The molecule has 3 nitrogen and oxygen atoms in total. The number of aromatic carboxylic acids is 1. The molecule has 0 aromatic heterocycles. The van der Waals surface area contributed by atoms with Crippen LogP contribution in [0, 0.1) is 17.7 Å². The van der Waals surface area contributed by atoms with Crippen molar-refractivity contribution in [2.24, 2.45) is 0 Å². The summed E-state index contributed by atoms with van der Waals surface area (Å²) in [6.07, 6.45) is 0. The van der Waals surface area contributed by atoms with E-state index in [2.05, 4.69) is 11.8 Å². The maximum atomic E-state index is 12.7. The van der Waals surface area contributed by atoms with Crippen LogP contribution in [0.15, 0.2) is 18.2 Å². The first-order valence-electron chi connectivity index (χ1n) is 4.20. The summed E-state index contributed by atoms with van der Waals surface area (Å²) in [7, 11) is 0. The Morgan fingerprint density at radius 2 is 2.33 bits per heavy atom. The minimum absolute atomic E-state index is 0.0857. The van der Waals surface area contributed by atoms with Crippen LogP contribution in [-0.4, -0.2) is 17.7 Å². The summed E-state index contributed by atoms with van der Waals surface area (Å²) < 4.78 is 17.8. The number of hydrogen-bond acceptors (Lipinski definition) is 2. The normalized spacial score (nSPS) is 8.93. The smallest absolute Gasteiger partial charge is 0.339 e. The molecule has 0 amide bonds. The van der Waals surface area contributed by atoms with E-state index in [0.717, 1.165) is 12.1 Å². The average molecular weight is 208 g/mol. The van der Waals surface area contributed by atoms with Gasteiger partial charge in [0.2, 0.25) is 0 Å². The molecule has 0 atom stereocenters. The van der Waals surface area contributed by atoms with Gasteiger partial charge in [-0.1, -0.05) is 5.92 Å². The summed E-state index contributed by atoms with van der Waals surface area (Å²) in [6.45, 7) is 1.73. The summed E-state index contributed by atoms with van der Waals surface area (Å²) >= 11 is 0. The van der Waals surface area contributed by atoms with Crippen LogP contribution in [0.2, 0.25) is 0 Å². The lowest BCUT2D eigenvalue weighted by atomic mass is 10.2. The average Bonchev–Trinajstić information content (AvgIpc) is 2.20. The lowest BCUT2D eigenvalue weighted by Crippen LogP contribution is -2.03. The predicted molar refractivity (Wildman–Crippen MR) is 52.3 cm³/mol. The molecule has 0 saturated carbocycles. The highest BCUT2D eigenvalue weighted by Gasteiger charge is 2.11. The number of hydrogen-bond donors (Lipinski definition) is 1. The molecule has 0 aliphatic carbocycles.